The molecule has 0 aliphatic carbocycles. The fourth-order valence-electron chi connectivity index (χ4n) is 9.53. The summed E-state index contributed by atoms with van der Waals surface area (Å²) in [5.41, 5.74) is -0.418. The molecule has 16 nitrogen and oxygen atoms in total. The number of carbonyl (C=O) groups excluding carboxylic acids is 3. The van der Waals surface area contributed by atoms with Gasteiger partial charge in [-0.1, -0.05) is 58.8 Å². The number of ether oxygens (including phenoxy) is 5. The van der Waals surface area contributed by atoms with Gasteiger partial charge < -0.3 is 48.7 Å². The monoisotopic (exact) mass is 925 g/mol. The van der Waals surface area contributed by atoms with Crippen molar-refractivity contribution >= 4 is 56.3 Å². The number of likely N-dealkylation sites (tertiary alicyclic amines) is 1. The number of hydrogen-bond donors (Lipinski definition) is 4. The lowest BCUT2D eigenvalue weighted by Crippen LogP contribution is -2.46. The average Bonchev–Trinajstić information content (AvgIpc) is 3.42. The van der Waals surface area contributed by atoms with E-state index in [-0.39, 0.29) is 55.6 Å². The van der Waals surface area contributed by atoms with Crippen LogP contribution in [0.15, 0.2) is 63.6 Å². The Hall–Kier alpha value is -5.81. The molecular formula is C51H63N3O13. The number of amides is 1. The van der Waals surface area contributed by atoms with Gasteiger partial charge in [0, 0.05) is 73.8 Å². The first kappa shape index (κ1) is 49.1. The van der Waals surface area contributed by atoms with Crippen molar-refractivity contribution in [2.75, 3.05) is 38.7 Å². The summed E-state index contributed by atoms with van der Waals surface area (Å²) >= 11 is 0. The Labute approximate surface area is 389 Å². The Kier molecular flexibility index (Phi) is 14.8. The van der Waals surface area contributed by atoms with Crippen LogP contribution < -0.4 is 20.2 Å². The number of phenolic OH excluding ortho intramolecular Hbond substituents is 1. The Balaban J connectivity index is 1.38. The van der Waals surface area contributed by atoms with Crippen LogP contribution in [-0.4, -0.2) is 106 Å². The highest BCUT2D eigenvalue weighted by Crippen LogP contribution is 2.48. The van der Waals surface area contributed by atoms with Crippen molar-refractivity contribution in [2.24, 2.45) is 23.7 Å². The number of rotatable bonds is 6. The SMILES string of the molecule is CO[C@H]1/C=C/O[C@@]2(C)Oc3c(C)c(=O)c4c(O)c(c5oc6cc(OCCN7CCCCCC7)ccc6nc5c4c3C2=O)NC(=O)/C(C)=C\C=C\[C@H](C)[C@H](O)[C@@H](C)[C@@H](O)[C@@H](C)[C@H](OC(C)=O)[C@@H]1C. The van der Waals surface area contributed by atoms with Gasteiger partial charge in [0.1, 0.15) is 40.9 Å². The normalized spacial score (nSPS) is 29.7. The first-order valence-electron chi connectivity index (χ1n) is 23.1. The van der Waals surface area contributed by atoms with Crippen molar-refractivity contribution in [3.63, 3.8) is 0 Å². The van der Waals surface area contributed by atoms with Crippen LogP contribution in [-0.2, 0) is 23.8 Å². The number of aromatic nitrogens is 1. The van der Waals surface area contributed by atoms with E-state index in [1.165, 1.54) is 59.1 Å². The van der Waals surface area contributed by atoms with Gasteiger partial charge in [-0.3, -0.25) is 24.1 Å². The van der Waals surface area contributed by atoms with E-state index in [0.29, 0.717) is 17.9 Å². The van der Waals surface area contributed by atoms with E-state index in [1.54, 1.807) is 65.0 Å². The maximum Gasteiger partial charge on any atom is 0.312 e. The lowest BCUT2D eigenvalue weighted by molar-refractivity contribution is -0.160. The molecule has 1 saturated heterocycles. The molecule has 0 spiro atoms. The lowest BCUT2D eigenvalue weighted by Gasteiger charge is -2.38. The van der Waals surface area contributed by atoms with Crippen LogP contribution in [0.4, 0.5) is 5.69 Å². The zero-order valence-corrected chi connectivity index (χ0v) is 39.7. The zero-order chi connectivity index (χ0) is 48.5. The molecule has 3 aromatic carbocycles. The van der Waals surface area contributed by atoms with Crippen molar-refractivity contribution < 1.29 is 57.8 Å². The molecule has 9 atom stereocenters. The summed E-state index contributed by atoms with van der Waals surface area (Å²) in [6.45, 7) is 15.8. The lowest BCUT2D eigenvalue weighted by atomic mass is 9.78. The third-order valence-corrected chi connectivity index (χ3v) is 13.7. The van der Waals surface area contributed by atoms with Crippen LogP contribution in [0.5, 0.6) is 17.2 Å². The molecule has 0 radical (unpaired) electrons. The second kappa shape index (κ2) is 20.2. The largest absolute Gasteiger partial charge is 0.505 e. The summed E-state index contributed by atoms with van der Waals surface area (Å²) in [6, 6.07) is 5.10. The molecular weight excluding hydrogens is 863 g/mol. The number of hydrogen-bond acceptors (Lipinski definition) is 15. The van der Waals surface area contributed by atoms with Gasteiger partial charge in [0.15, 0.2) is 22.3 Å². The predicted octanol–water partition coefficient (Wildman–Crippen LogP) is 7.25. The van der Waals surface area contributed by atoms with Crippen molar-refractivity contribution in [1.29, 1.82) is 0 Å². The number of esters is 1. The number of ketones is 1. The summed E-state index contributed by atoms with van der Waals surface area (Å²) in [5.74, 6) is -6.72. The van der Waals surface area contributed by atoms with Gasteiger partial charge >= 0.3 is 11.8 Å². The molecule has 0 saturated carbocycles. The number of aliphatic hydroxyl groups excluding tert-OH is 2. The molecule has 1 amide bonds. The number of phenols is 1. The quantitative estimate of drug-likeness (QED) is 0.0648. The fourth-order valence-corrected chi connectivity index (χ4v) is 9.53. The standard InChI is InChI=1S/C51H63N3O13/c1-26-15-14-16-27(2)50(61)53-41-45(59)38-37(40-48(41)66-36-25-33(17-18-34(36)52-40)63-24-22-54-20-12-10-11-13-21-54)39-47(31(6)44(38)58)67-51(8,49(39)60)64-23-19-35(62-9)28(3)46(65-32(7)55)30(5)43(57)29(4)42(26)56/h14-19,23,25-26,28-30,35,42-43,46,56-57,59H,10-13,20-22,24H2,1-9H3,(H,53,61)/b15-14+,23-19+,27-16-/t26-,28+,29+,30+,35-,42-,43+,46+,51-/m0/s1. The zero-order valence-electron chi connectivity index (χ0n) is 39.7. The molecule has 0 unspecified atom stereocenters. The van der Waals surface area contributed by atoms with E-state index >= 15 is 0 Å². The molecule has 4 bridgehead atoms. The Morgan fingerprint density at radius 3 is 2.37 bits per heavy atom. The maximum absolute atomic E-state index is 14.8. The van der Waals surface area contributed by atoms with Crippen LogP contribution in [0.1, 0.15) is 90.1 Å². The highest BCUT2D eigenvalue weighted by Gasteiger charge is 2.49. The van der Waals surface area contributed by atoms with Gasteiger partial charge in [-0.2, -0.15) is 0 Å². The number of allylic oxidation sites excluding steroid dienone is 2. The van der Waals surface area contributed by atoms with E-state index < -0.39 is 82.7 Å². The van der Waals surface area contributed by atoms with E-state index in [1.807, 2.05) is 0 Å². The number of anilines is 1. The molecule has 4 heterocycles. The summed E-state index contributed by atoms with van der Waals surface area (Å²) in [4.78, 5) is 62.9. The van der Waals surface area contributed by atoms with Gasteiger partial charge in [0.05, 0.1) is 35.5 Å². The second-order valence-corrected chi connectivity index (χ2v) is 18.5. The Morgan fingerprint density at radius 1 is 0.970 bits per heavy atom. The maximum atomic E-state index is 14.8. The van der Waals surface area contributed by atoms with Crippen molar-refractivity contribution in [3.8, 4) is 17.2 Å². The third kappa shape index (κ3) is 9.80. The van der Waals surface area contributed by atoms with Crippen molar-refractivity contribution in [3.05, 3.63) is 75.7 Å². The number of methoxy groups -OCH3 is 1. The number of nitrogens with one attached hydrogen (secondary N) is 1. The number of fused-ring (bicyclic) bond motifs is 2. The Bertz CT molecular complexity index is 2700. The van der Waals surface area contributed by atoms with Crippen molar-refractivity contribution in [1.82, 2.24) is 9.88 Å². The molecule has 16 heteroatoms. The molecule has 1 fully saturated rings. The minimum atomic E-state index is -2.04. The number of benzene rings is 3. The van der Waals surface area contributed by atoms with Gasteiger partial charge in [-0.05, 0) is 58.0 Å². The molecule has 1 aromatic heterocycles. The van der Waals surface area contributed by atoms with E-state index in [0.717, 1.165) is 32.5 Å². The van der Waals surface area contributed by atoms with Crippen molar-refractivity contribution in [2.45, 2.75) is 111 Å². The van der Waals surface area contributed by atoms with E-state index in [4.69, 9.17) is 33.1 Å². The van der Waals surface area contributed by atoms with Gasteiger partial charge in [-0.25, -0.2) is 4.98 Å². The minimum absolute atomic E-state index is 0.00351. The summed E-state index contributed by atoms with van der Waals surface area (Å²) in [7, 11) is 1.45. The fraction of sp³-hybridized carbons (Fsp3) is 0.510. The number of aliphatic hydroxyl groups is 2. The number of carbonyl (C=O) groups is 3. The summed E-state index contributed by atoms with van der Waals surface area (Å²) < 4.78 is 36.6. The topological polar surface area (TPSA) is 216 Å². The molecule has 4 aromatic rings. The van der Waals surface area contributed by atoms with Crippen LogP contribution >= 0.6 is 0 Å². The Morgan fingerprint density at radius 2 is 1.69 bits per heavy atom. The minimum Gasteiger partial charge on any atom is -0.505 e. The van der Waals surface area contributed by atoms with Crippen LogP contribution in [0.25, 0.3) is 33.0 Å². The first-order valence-corrected chi connectivity index (χ1v) is 23.1. The molecule has 360 valence electrons. The van der Waals surface area contributed by atoms with Crippen LogP contribution in [0, 0.1) is 30.6 Å². The summed E-state index contributed by atoms with van der Waals surface area (Å²) in [6.07, 6.45) is 8.40. The molecule has 3 aliphatic rings. The highest BCUT2D eigenvalue weighted by molar-refractivity contribution is 6.26. The van der Waals surface area contributed by atoms with Gasteiger partial charge in [0.25, 0.3) is 11.7 Å². The second-order valence-electron chi connectivity index (χ2n) is 18.5. The molecule has 67 heavy (non-hydrogen) atoms. The smallest absolute Gasteiger partial charge is 0.312 e. The molecule has 7 rings (SSSR count). The highest BCUT2D eigenvalue weighted by atomic mass is 16.7. The van der Waals surface area contributed by atoms with Crippen LogP contribution in [0.3, 0.4) is 0 Å². The number of aromatic hydroxyl groups is 1. The third-order valence-electron chi connectivity index (χ3n) is 13.7. The number of nitrogens with zero attached hydrogens (tertiary/aromatic N) is 2. The number of Topliss-reactive ketones (excluding diaryl/α,β-unsaturated/α-hetero) is 1. The first-order chi connectivity index (χ1) is 31.9. The van der Waals surface area contributed by atoms with Gasteiger partial charge in [0.2, 0.25) is 0 Å². The molecule has 4 N–H and O–H groups in total. The van der Waals surface area contributed by atoms with Crippen LogP contribution in [0.2, 0.25) is 0 Å². The van der Waals surface area contributed by atoms with Gasteiger partial charge in [-0.15, -0.1) is 0 Å². The van der Waals surface area contributed by atoms with E-state index in [2.05, 4.69) is 10.2 Å². The summed E-state index contributed by atoms with van der Waals surface area (Å²) in [5, 5.41) is 37.6. The average molecular weight is 926 g/mol. The predicted molar refractivity (Wildman–Crippen MR) is 252 cm³/mol. The van der Waals surface area contributed by atoms with E-state index in [9.17, 15) is 34.5 Å². The molecule has 3 aliphatic heterocycles.